The van der Waals surface area contributed by atoms with Gasteiger partial charge in [0.15, 0.2) is 0 Å². The second kappa shape index (κ2) is 8.15. The average Bonchev–Trinajstić information content (AvgIpc) is 3.24. The van der Waals surface area contributed by atoms with Crippen molar-refractivity contribution in [1.29, 1.82) is 0 Å². The molecule has 0 bridgehead atoms. The number of H-pyrrole nitrogens is 1. The second-order valence-corrected chi connectivity index (χ2v) is 9.26. The van der Waals surface area contributed by atoms with Crippen molar-refractivity contribution in [3.8, 4) is 0 Å². The van der Waals surface area contributed by atoms with Gasteiger partial charge in [-0.25, -0.2) is 0 Å². The third-order valence-electron chi connectivity index (χ3n) is 6.14. The van der Waals surface area contributed by atoms with E-state index in [0.717, 1.165) is 23.0 Å². The summed E-state index contributed by atoms with van der Waals surface area (Å²) in [7, 11) is 0. The maximum absolute atomic E-state index is 12.6. The number of benzene rings is 1. The van der Waals surface area contributed by atoms with Gasteiger partial charge in [0, 0.05) is 53.2 Å². The molecule has 1 aliphatic carbocycles. The summed E-state index contributed by atoms with van der Waals surface area (Å²) in [5, 5.41) is 6.46. The van der Waals surface area contributed by atoms with E-state index in [4.69, 9.17) is 4.42 Å². The highest BCUT2D eigenvalue weighted by molar-refractivity contribution is 7.10. The molecular formula is C25H26N2O2S. The number of nitrogens with one attached hydrogen (secondary N) is 2. The SMILES string of the molecule is CC1CC1c1ccc(CCC(=O)NCC(c2cccs2)c2c[nH]c3ccccc23)o1. The summed E-state index contributed by atoms with van der Waals surface area (Å²) in [6, 6.07) is 16.6. The van der Waals surface area contributed by atoms with E-state index >= 15 is 0 Å². The molecule has 3 unspecified atom stereocenters. The lowest BCUT2D eigenvalue weighted by atomic mass is 9.96. The Labute approximate surface area is 180 Å². The predicted octanol–water partition coefficient (Wildman–Crippen LogP) is 5.83. The van der Waals surface area contributed by atoms with Crippen LogP contribution in [0.4, 0.5) is 0 Å². The van der Waals surface area contributed by atoms with E-state index in [1.165, 1.54) is 22.2 Å². The van der Waals surface area contributed by atoms with Crippen LogP contribution in [-0.4, -0.2) is 17.4 Å². The van der Waals surface area contributed by atoms with Crippen molar-refractivity contribution < 1.29 is 9.21 Å². The van der Waals surface area contributed by atoms with Gasteiger partial charge in [0.25, 0.3) is 0 Å². The molecule has 0 radical (unpaired) electrons. The number of rotatable bonds is 8. The van der Waals surface area contributed by atoms with Crippen LogP contribution in [0.3, 0.4) is 0 Å². The Morgan fingerprint density at radius 1 is 1.23 bits per heavy atom. The number of hydrogen-bond donors (Lipinski definition) is 2. The van der Waals surface area contributed by atoms with E-state index in [1.807, 2.05) is 12.1 Å². The van der Waals surface area contributed by atoms with E-state index in [2.05, 4.69) is 65.2 Å². The minimum absolute atomic E-state index is 0.0640. The highest BCUT2D eigenvalue weighted by Crippen LogP contribution is 2.47. The molecule has 3 aromatic heterocycles. The van der Waals surface area contributed by atoms with Crippen molar-refractivity contribution in [2.24, 2.45) is 5.92 Å². The monoisotopic (exact) mass is 418 g/mol. The summed E-state index contributed by atoms with van der Waals surface area (Å²) in [6.45, 7) is 2.84. The van der Waals surface area contributed by atoms with Crippen LogP contribution in [0, 0.1) is 5.92 Å². The molecule has 1 aromatic carbocycles. The molecule has 1 saturated carbocycles. The highest BCUT2D eigenvalue weighted by atomic mass is 32.1. The van der Waals surface area contributed by atoms with Crippen molar-refractivity contribution in [2.45, 2.75) is 38.0 Å². The van der Waals surface area contributed by atoms with Gasteiger partial charge in [0.2, 0.25) is 5.91 Å². The first-order chi connectivity index (χ1) is 14.7. The first-order valence-corrected chi connectivity index (χ1v) is 11.5. The normalized spacial score (nSPS) is 19.1. The Morgan fingerprint density at radius 3 is 2.90 bits per heavy atom. The van der Waals surface area contributed by atoms with Crippen LogP contribution in [0.15, 0.2) is 64.5 Å². The zero-order valence-corrected chi connectivity index (χ0v) is 17.9. The maximum atomic E-state index is 12.6. The molecule has 30 heavy (non-hydrogen) atoms. The van der Waals surface area contributed by atoms with Crippen LogP contribution < -0.4 is 5.32 Å². The predicted molar refractivity (Wildman–Crippen MR) is 121 cm³/mol. The average molecular weight is 419 g/mol. The molecular weight excluding hydrogens is 392 g/mol. The minimum Gasteiger partial charge on any atom is -0.466 e. The Morgan fingerprint density at radius 2 is 2.10 bits per heavy atom. The Kier molecular flexibility index (Phi) is 5.21. The lowest BCUT2D eigenvalue weighted by Crippen LogP contribution is -2.28. The quantitative estimate of drug-likeness (QED) is 0.378. The van der Waals surface area contributed by atoms with Crippen molar-refractivity contribution in [2.75, 3.05) is 6.54 Å². The van der Waals surface area contributed by atoms with E-state index in [9.17, 15) is 4.79 Å². The van der Waals surface area contributed by atoms with Crippen LogP contribution in [0.5, 0.6) is 0 Å². The molecule has 4 nitrogen and oxygen atoms in total. The van der Waals surface area contributed by atoms with Crippen LogP contribution >= 0.6 is 11.3 Å². The maximum Gasteiger partial charge on any atom is 0.220 e. The summed E-state index contributed by atoms with van der Waals surface area (Å²) in [5.74, 6) is 3.49. The van der Waals surface area contributed by atoms with E-state index < -0.39 is 0 Å². The number of aromatic amines is 1. The van der Waals surface area contributed by atoms with Gasteiger partial charge in [-0.2, -0.15) is 0 Å². The fourth-order valence-electron chi connectivity index (χ4n) is 4.22. The molecule has 3 heterocycles. The molecule has 154 valence electrons. The highest BCUT2D eigenvalue weighted by Gasteiger charge is 2.36. The molecule has 0 saturated heterocycles. The number of fused-ring (bicyclic) bond motifs is 1. The Bertz CT molecular complexity index is 1140. The number of carbonyl (C=O) groups excluding carboxylic acids is 1. The van der Waals surface area contributed by atoms with Gasteiger partial charge in [0.05, 0.1) is 0 Å². The standard InChI is InChI=1S/C25H26N2O2S/c1-16-13-19(16)23-10-8-17(29-23)9-11-25(28)27-15-21(24-7-4-12-30-24)20-14-26-22-6-3-2-5-18(20)22/h2-8,10,12,14,16,19,21,26H,9,11,13,15H2,1H3,(H,27,28). The Hall–Kier alpha value is -2.79. The molecule has 1 fully saturated rings. The summed E-state index contributed by atoms with van der Waals surface area (Å²) in [5.41, 5.74) is 2.35. The molecule has 4 aromatic rings. The summed E-state index contributed by atoms with van der Waals surface area (Å²) in [4.78, 5) is 17.2. The topological polar surface area (TPSA) is 58.0 Å². The first kappa shape index (κ1) is 19.2. The van der Waals surface area contributed by atoms with E-state index in [0.29, 0.717) is 25.3 Å². The zero-order chi connectivity index (χ0) is 20.5. The number of carbonyl (C=O) groups is 1. The zero-order valence-electron chi connectivity index (χ0n) is 17.1. The van der Waals surface area contributed by atoms with Crippen molar-refractivity contribution in [1.82, 2.24) is 10.3 Å². The molecule has 0 spiro atoms. The Balaban J connectivity index is 1.23. The van der Waals surface area contributed by atoms with Crippen molar-refractivity contribution >= 4 is 28.1 Å². The van der Waals surface area contributed by atoms with Crippen LogP contribution in [0.1, 0.15) is 53.6 Å². The number of aromatic nitrogens is 1. The fourth-order valence-corrected chi connectivity index (χ4v) is 5.07. The van der Waals surface area contributed by atoms with Gasteiger partial charge >= 0.3 is 0 Å². The number of thiophene rings is 1. The van der Waals surface area contributed by atoms with Crippen molar-refractivity contribution in [3.63, 3.8) is 0 Å². The van der Waals surface area contributed by atoms with Gasteiger partial charge in [-0.3, -0.25) is 4.79 Å². The second-order valence-electron chi connectivity index (χ2n) is 8.29. The minimum atomic E-state index is 0.0640. The van der Waals surface area contributed by atoms with E-state index in [1.54, 1.807) is 11.3 Å². The van der Waals surface area contributed by atoms with Crippen LogP contribution in [0.2, 0.25) is 0 Å². The fraction of sp³-hybridized carbons (Fsp3) is 0.320. The van der Waals surface area contributed by atoms with E-state index in [-0.39, 0.29) is 11.8 Å². The number of furan rings is 1. The number of hydrogen-bond acceptors (Lipinski definition) is 3. The summed E-state index contributed by atoms with van der Waals surface area (Å²) < 4.78 is 5.94. The van der Waals surface area contributed by atoms with Gasteiger partial charge in [-0.1, -0.05) is 31.2 Å². The van der Waals surface area contributed by atoms with Crippen LogP contribution in [0.25, 0.3) is 10.9 Å². The van der Waals surface area contributed by atoms with Crippen LogP contribution in [-0.2, 0) is 11.2 Å². The summed E-state index contributed by atoms with van der Waals surface area (Å²) >= 11 is 1.73. The smallest absolute Gasteiger partial charge is 0.220 e. The van der Waals surface area contributed by atoms with Gasteiger partial charge in [-0.05, 0) is 47.5 Å². The van der Waals surface area contributed by atoms with Gasteiger partial charge < -0.3 is 14.7 Å². The van der Waals surface area contributed by atoms with Crippen molar-refractivity contribution in [3.05, 3.63) is 82.1 Å². The molecule has 5 heteroatoms. The number of para-hydroxylation sites is 1. The number of aryl methyl sites for hydroxylation is 1. The lowest BCUT2D eigenvalue weighted by molar-refractivity contribution is -0.121. The summed E-state index contributed by atoms with van der Waals surface area (Å²) in [6.07, 6.45) is 4.37. The number of amides is 1. The van der Waals surface area contributed by atoms with Gasteiger partial charge in [0.1, 0.15) is 11.5 Å². The molecule has 1 amide bonds. The third kappa shape index (κ3) is 3.94. The molecule has 5 rings (SSSR count). The lowest BCUT2D eigenvalue weighted by Gasteiger charge is -2.16. The first-order valence-electron chi connectivity index (χ1n) is 10.6. The third-order valence-corrected chi connectivity index (χ3v) is 7.13. The van der Waals surface area contributed by atoms with Gasteiger partial charge in [-0.15, -0.1) is 11.3 Å². The molecule has 1 aliphatic rings. The largest absolute Gasteiger partial charge is 0.466 e. The molecule has 0 aliphatic heterocycles. The molecule has 3 atom stereocenters. The molecule has 2 N–H and O–H groups in total.